The summed E-state index contributed by atoms with van der Waals surface area (Å²) in [4.78, 5) is 11.9. The van der Waals surface area contributed by atoms with E-state index in [0.717, 1.165) is 44.9 Å². The standard InChI is InChI=1S/C12H21N3O/c16-12-2-1-7-14(15(12)11-3-4-11)9-10-5-6-13-8-10/h10-11,13H,1-9H2. The Labute approximate surface area is 96.9 Å². The highest BCUT2D eigenvalue weighted by Crippen LogP contribution is 2.31. The Bertz CT molecular complexity index is 271. The van der Waals surface area contributed by atoms with Crippen molar-refractivity contribution in [2.24, 2.45) is 5.92 Å². The van der Waals surface area contributed by atoms with E-state index >= 15 is 0 Å². The Morgan fingerprint density at radius 3 is 2.88 bits per heavy atom. The molecule has 3 fully saturated rings. The smallest absolute Gasteiger partial charge is 0.237 e. The number of carbonyl (C=O) groups excluding carboxylic acids is 1. The van der Waals surface area contributed by atoms with E-state index in [1.54, 1.807) is 0 Å². The van der Waals surface area contributed by atoms with Crippen LogP contribution in [-0.2, 0) is 4.79 Å². The van der Waals surface area contributed by atoms with Crippen LogP contribution in [0, 0.1) is 5.92 Å². The lowest BCUT2D eigenvalue weighted by molar-refractivity contribution is -0.158. The van der Waals surface area contributed by atoms with Gasteiger partial charge < -0.3 is 5.32 Å². The zero-order valence-corrected chi connectivity index (χ0v) is 9.82. The molecule has 1 amide bonds. The minimum absolute atomic E-state index is 0.361. The van der Waals surface area contributed by atoms with Crippen molar-refractivity contribution < 1.29 is 4.79 Å². The molecular weight excluding hydrogens is 202 g/mol. The predicted octanol–water partition coefficient (Wildman–Crippen LogP) is 0.598. The topological polar surface area (TPSA) is 35.6 Å². The Hall–Kier alpha value is -0.610. The number of rotatable bonds is 3. The maximum absolute atomic E-state index is 11.9. The summed E-state index contributed by atoms with van der Waals surface area (Å²) in [6.07, 6.45) is 5.50. The van der Waals surface area contributed by atoms with Gasteiger partial charge in [-0.3, -0.25) is 9.80 Å². The van der Waals surface area contributed by atoms with Gasteiger partial charge in [-0.2, -0.15) is 0 Å². The van der Waals surface area contributed by atoms with E-state index in [4.69, 9.17) is 0 Å². The van der Waals surface area contributed by atoms with Crippen LogP contribution in [0.3, 0.4) is 0 Å². The number of hydrazine groups is 1. The fourth-order valence-corrected chi connectivity index (χ4v) is 2.89. The van der Waals surface area contributed by atoms with Gasteiger partial charge >= 0.3 is 0 Å². The van der Waals surface area contributed by atoms with E-state index < -0.39 is 0 Å². The average Bonchev–Trinajstić information content (AvgIpc) is 2.97. The highest BCUT2D eigenvalue weighted by atomic mass is 16.2. The van der Waals surface area contributed by atoms with Gasteiger partial charge in [0.1, 0.15) is 0 Å². The molecule has 4 heteroatoms. The summed E-state index contributed by atoms with van der Waals surface area (Å²) < 4.78 is 0. The molecular formula is C12H21N3O. The fourth-order valence-electron chi connectivity index (χ4n) is 2.89. The minimum Gasteiger partial charge on any atom is -0.316 e. The van der Waals surface area contributed by atoms with Crippen molar-refractivity contribution >= 4 is 5.91 Å². The summed E-state index contributed by atoms with van der Waals surface area (Å²) in [6, 6.07) is 0.544. The zero-order chi connectivity index (χ0) is 11.0. The molecule has 90 valence electrons. The zero-order valence-electron chi connectivity index (χ0n) is 9.82. The fraction of sp³-hybridized carbons (Fsp3) is 0.917. The molecule has 0 aromatic heterocycles. The van der Waals surface area contributed by atoms with Crippen molar-refractivity contribution in [3.05, 3.63) is 0 Å². The van der Waals surface area contributed by atoms with Crippen LogP contribution in [0.5, 0.6) is 0 Å². The number of nitrogens with one attached hydrogen (secondary N) is 1. The second-order valence-corrected chi connectivity index (χ2v) is 5.34. The Kier molecular flexibility index (Phi) is 2.86. The third-order valence-corrected chi connectivity index (χ3v) is 3.89. The van der Waals surface area contributed by atoms with Gasteiger partial charge in [-0.25, -0.2) is 5.01 Å². The molecule has 2 saturated heterocycles. The summed E-state index contributed by atoms with van der Waals surface area (Å²) in [5.41, 5.74) is 0. The van der Waals surface area contributed by atoms with Gasteiger partial charge in [0.25, 0.3) is 0 Å². The van der Waals surface area contributed by atoms with Crippen LogP contribution in [0.25, 0.3) is 0 Å². The van der Waals surface area contributed by atoms with Gasteiger partial charge in [-0.1, -0.05) is 0 Å². The maximum atomic E-state index is 11.9. The summed E-state index contributed by atoms with van der Waals surface area (Å²) in [5.74, 6) is 1.10. The Balaban J connectivity index is 1.63. The first-order chi connectivity index (χ1) is 7.84. The molecule has 2 aliphatic heterocycles. The number of hydrogen-bond acceptors (Lipinski definition) is 3. The van der Waals surface area contributed by atoms with E-state index in [1.165, 1.54) is 19.3 Å². The normalized spacial score (nSPS) is 32.4. The highest BCUT2D eigenvalue weighted by Gasteiger charge is 2.39. The molecule has 1 unspecified atom stereocenters. The second-order valence-electron chi connectivity index (χ2n) is 5.34. The lowest BCUT2D eigenvalue weighted by Crippen LogP contribution is -2.53. The molecule has 1 atom stereocenters. The van der Waals surface area contributed by atoms with E-state index in [-0.39, 0.29) is 0 Å². The van der Waals surface area contributed by atoms with Crippen LogP contribution >= 0.6 is 0 Å². The molecule has 2 heterocycles. The third-order valence-electron chi connectivity index (χ3n) is 3.89. The van der Waals surface area contributed by atoms with Crippen molar-refractivity contribution in [3.8, 4) is 0 Å². The summed E-state index contributed by atoms with van der Waals surface area (Å²) in [7, 11) is 0. The molecule has 4 nitrogen and oxygen atoms in total. The van der Waals surface area contributed by atoms with Gasteiger partial charge in [0.15, 0.2) is 0 Å². The third kappa shape index (κ3) is 2.09. The van der Waals surface area contributed by atoms with Crippen LogP contribution in [0.1, 0.15) is 32.1 Å². The molecule has 16 heavy (non-hydrogen) atoms. The molecule has 0 spiro atoms. The van der Waals surface area contributed by atoms with Crippen LogP contribution < -0.4 is 5.32 Å². The van der Waals surface area contributed by atoms with E-state index in [9.17, 15) is 4.79 Å². The largest absolute Gasteiger partial charge is 0.316 e. The van der Waals surface area contributed by atoms with Crippen molar-refractivity contribution in [1.82, 2.24) is 15.3 Å². The van der Waals surface area contributed by atoms with Crippen LogP contribution in [0.2, 0.25) is 0 Å². The monoisotopic (exact) mass is 223 g/mol. The van der Waals surface area contributed by atoms with Crippen molar-refractivity contribution in [3.63, 3.8) is 0 Å². The lowest BCUT2D eigenvalue weighted by atomic mass is 10.1. The molecule has 0 radical (unpaired) electrons. The number of hydrogen-bond donors (Lipinski definition) is 1. The quantitative estimate of drug-likeness (QED) is 0.761. The minimum atomic E-state index is 0.361. The predicted molar refractivity (Wildman–Crippen MR) is 61.7 cm³/mol. The molecule has 0 aromatic carbocycles. The lowest BCUT2D eigenvalue weighted by Gasteiger charge is -2.40. The van der Waals surface area contributed by atoms with Crippen molar-refractivity contribution in [1.29, 1.82) is 0 Å². The van der Waals surface area contributed by atoms with E-state index in [2.05, 4.69) is 15.3 Å². The van der Waals surface area contributed by atoms with Gasteiger partial charge in [-0.15, -0.1) is 0 Å². The van der Waals surface area contributed by atoms with Crippen LogP contribution in [0.15, 0.2) is 0 Å². The maximum Gasteiger partial charge on any atom is 0.237 e. The summed E-state index contributed by atoms with van der Waals surface area (Å²) in [6.45, 7) is 4.44. The van der Waals surface area contributed by atoms with Crippen molar-refractivity contribution in [2.75, 3.05) is 26.2 Å². The molecule has 0 aromatic rings. The Morgan fingerprint density at radius 1 is 1.31 bits per heavy atom. The van der Waals surface area contributed by atoms with Crippen LogP contribution in [-0.4, -0.2) is 48.1 Å². The van der Waals surface area contributed by atoms with Crippen molar-refractivity contribution in [2.45, 2.75) is 38.1 Å². The first-order valence-corrected chi connectivity index (χ1v) is 6.62. The number of nitrogens with zero attached hydrogens (tertiary/aromatic N) is 2. The summed E-state index contributed by atoms with van der Waals surface area (Å²) >= 11 is 0. The molecule has 3 aliphatic rings. The molecule has 1 saturated carbocycles. The van der Waals surface area contributed by atoms with E-state index in [0.29, 0.717) is 11.9 Å². The van der Waals surface area contributed by atoms with Gasteiger partial charge in [0.2, 0.25) is 5.91 Å². The number of amides is 1. The molecule has 0 bridgehead atoms. The molecule has 1 N–H and O–H groups in total. The SMILES string of the molecule is O=C1CCCN(CC2CCNC2)N1C1CC1. The Morgan fingerprint density at radius 2 is 2.19 bits per heavy atom. The van der Waals surface area contributed by atoms with Gasteiger partial charge in [-0.05, 0) is 44.7 Å². The van der Waals surface area contributed by atoms with E-state index in [1.807, 2.05) is 0 Å². The first kappa shape index (κ1) is 10.5. The molecule has 1 aliphatic carbocycles. The molecule has 3 rings (SSSR count). The first-order valence-electron chi connectivity index (χ1n) is 6.62. The van der Waals surface area contributed by atoms with Gasteiger partial charge in [0.05, 0.1) is 0 Å². The number of carbonyl (C=O) groups is 1. The summed E-state index contributed by atoms with van der Waals surface area (Å²) in [5, 5.41) is 7.82. The highest BCUT2D eigenvalue weighted by molar-refractivity contribution is 5.77. The van der Waals surface area contributed by atoms with Gasteiger partial charge in [0, 0.05) is 25.6 Å². The average molecular weight is 223 g/mol. The van der Waals surface area contributed by atoms with Crippen LogP contribution in [0.4, 0.5) is 0 Å². The second kappa shape index (κ2) is 4.34.